The Kier molecular flexibility index (Phi) is 5.58. The van der Waals surface area contributed by atoms with Crippen molar-refractivity contribution in [3.8, 4) is 0 Å². The Morgan fingerprint density at radius 3 is 2.38 bits per heavy atom. The zero-order chi connectivity index (χ0) is 21.0. The van der Waals surface area contributed by atoms with E-state index in [1.54, 1.807) is 12.1 Å². The number of nitrogens with one attached hydrogen (secondary N) is 2. The van der Waals surface area contributed by atoms with E-state index in [1.807, 2.05) is 0 Å². The van der Waals surface area contributed by atoms with Gasteiger partial charge in [0.05, 0.1) is 29.0 Å². The number of rotatable bonds is 6. The molecule has 11 heteroatoms. The highest BCUT2D eigenvalue weighted by Crippen LogP contribution is 2.34. The van der Waals surface area contributed by atoms with Gasteiger partial charge in [0, 0.05) is 6.07 Å². The second kappa shape index (κ2) is 8.25. The third-order valence-electron chi connectivity index (χ3n) is 3.77. The van der Waals surface area contributed by atoms with Crippen molar-refractivity contribution < 1.29 is 23.2 Å². The lowest BCUT2D eigenvalue weighted by Crippen LogP contribution is -2.09. The second-order valence-corrected chi connectivity index (χ2v) is 5.59. The monoisotopic (exact) mass is 401 g/mol. The summed E-state index contributed by atoms with van der Waals surface area (Å²) in [5.41, 5.74) is -0.652. The van der Waals surface area contributed by atoms with E-state index in [1.165, 1.54) is 19.2 Å². The van der Waals surface area contributed by atoms with Gasteiger partial charge in [0.1, 0.15) is 18.0 Å². The predicted molar refractivity (Wildman–Crippen MR) is 99.4 cm³/mol. The number of esters is 1. The number of nitro groups is 1. The Balaban J connectivity index is 2.04. The molecule has 2 aromatic carbocycles. The number of aromatic nitrogens is 2. The minimum absolute atomic E-state index is 0.119. The van der Waals surface area contributed by atoms with E-state index in [0.717, 1.165) is 24.5 Å². The van der Waals surface area contributed by atoms with Gasteiger partial charge in [-0.15, -0.1) is 0 Å². The van der Waals surface area contributed by atoms with Gasteiger partial charge in [-0.1, -0.05) is 12.1 Å². The molecule has 0 bridgehead atoms. The van der Waals surface area contributed by atoms with Gasteiger partial charge in [-0.2, -0.15) is 0 Å². The number of benzene rings is 2. The summed E-state index contributed by atoms with van der Waals surface area (Å²) in [7, 11) is 1.20. The summed E-state index contributed by atoms with van der Waals surface area (Å²) in [6.45, 7) is 0. The highest BCUT2D eigenvalue weighted by molar-refractivity contribution is 5.96. The van der Waals surface area contributed by atoms with E-state index in [-0.39, 0.29) is 28.6 Å². The van der Waals surface area contributed by atoms with Crippen molar-refractivity contribution in [2.75, 3.05) is 17.7 Å². The maximum Gasteiger partial charge on any atom is 0.353 e. The number of methoxy groups -OCH3 is 1. The SMILES string of the molecule is COC(=O)c1ccccc1Nc1ncnc(Nc2cc(F)ccc2F)c1[N+](=O)[O-]. The smallest absolute Gasteiger partial charge is 0.353 e. The molecule has 3 rings (SSSR count). The lowest BCUT2D eigenvalue weighted by atomic mass is 10.2. The molecule has 0 saturated carbocycles. The van der Waals surface area contributed by atoms with Gasteiger partial charge in [-0.05, 0) is 24.3 Å². The first-order valence-corrected chi connectivity index (χ1v) is 8.06. The molecule has 2 N–H and O–H groups in total. The van der Waals surface area contributed by atoms with Crippen molar-refractivity contribution in [2.24, 2.45) is 0 Å². The van der Waals surface area contributed by atoms with Crippen molar-refractivity contribution in [1.82, 2.24) is 9.97 Å². The molecule has 0 aliphatic carbocycles. The summed E-state index contributed by atoms with van der Waals surface area (Å²) < 4.78 is 32.0. The molecule has 0 aliphatic heterocycles. The van der Waals surface area contributed by atoms with Crippen molar-refractivity contribution in [3.05, 3.63) is 76.1 Å². The van der Waals surface area contributed by atoms with Gasteiger partial charge < -0.3 is 15.4 Å². The van der Waals surface area contributed by atoms with Crippen LogP contribution >= 0.6 is 0 Å². The fourth-order valence-corrected chi connectivity index (χ4v) is 2.46. The third-order valence-corrected chi connectivity index (χ3v) is 3.77. The van der Waals surface area contributed by atoms with Crippen LogP contribution in [0.1, 0.15) is 10.4 Å². The van der Waals surface area contributed by atoms with E-state index < -0.39 is 28.2 Å². The van der Waals surface area contributed by atoms with Crippen molar-refractivity contribution in [2.45, 2.75) is 0 Å². The van der Waals surface area contributed by atoms with Crippen LogP contribution in [0.15, 0.2) is 48.8 Å². The molecule has 0 aliphatic rings. The maximum atomic E-state index is 13.9. The maximum absolute atomic E-state index is 13.9. The van der Waals surface area contributed by atoms with Crippen LogP contribution in [0.2, 0.25) is 0 Å². The molecule has 0 saturated heterocycles. The largest absolute Gasteiger partial charge is 0.465 e. The van der Waals surface area contributed by atoms with E-state index in [4.69, 9.17) is 0 Å². The van der Waals surface area contributed by atoms with Gasteiger partial charge in [0.2, 0.25) is 11.6 Å². The number of hydrogen-bond donors (Lipinski definition) is 2. The Morgan fingerprint density at radius 2 is 1.72 bits per heavy atom. The molecule has 0 unspecified atom stereocenters. The van der Waals surface area contributed by atoms with Gasteiger partial charge in [0.25, 0.3) is 0 Å². The summed E-state index contributed by atoms with van der Waals surface area (Å²) in [6, 6.07) is 8.76. The number of halogens is 2. The lowest BCUT2D eigenvalue weighted by Gasteiger charge is -2.12. The average Bonchev–Trinajstić information content (AvgIpc) is 2.70. The molecule has 0 amide bonds. The Morgan fingerprint density at radius 1 is 1.07 bits per heavy atom. The second-order valence-electron chi connectivity index (χ2n) is 5.59. The van der Waals surface area contributed by atoms with Crippen LogP contribution in [0, 0.1) is 21.7 Å². The number of carbonyl (C=O) groups is 1. The highest BCUT2D eigenvalue weighted by Gasteiger charge is 2.25. The first kappa shape index (κ1) is 19.6. The fourth-order valence-electron chi connectivity index (χ4n) is 2.46. The summed E-state index contributed by atoms with van der Waals surface area (Å²) in [5.74, 6) is -2.86. The Labute approximate surface area is 162 Å². The van der Waals surface area contributed by atoms with Crippen LogP contribution in [0.25, 0.3) is 0 Å². The summed E-state index contributed by atoms with van der Waals surface area (Å²) in [5, 5.41) is 16.7. The quantitative estimate of drug-likeness (QED) is 0.362. The molecule has 9 nitrogen and oxygen atoms in total. The highest BCUT2D eigenvalue weighted by atomic mass is 19.1. The van der Waals surface area contributed by atoms with Crippen molar-refractivity contribution in [3.63, 3.8) is 0 Å². The summed E-state index contributed by atoms with van der Waals surface area (Å²) >= 11 is 0. The fraction of sp³-hybridized carbons (Fsp3) is 0.0556. The molecule has 29 heavy (non-hydrogen) atoms. The van der Waals surface area contributed by atoms with E-state index in [9.17, 15) is 23.7 Å². The van der Waals surface area contributed by atoms with Crippen LogP contribution in [0.4, 0.5) is 37.5 Å². The number of nitrogens with zero attached hydrogens (tertiary/aromatic N) is 3. The topological polar surface area (TPSA) is 119 Å². The lowest BCUT2D eigenvalue weighted by molar-refractivity contribution is -0.383. The molecule has 0 fully saturated rings. The van der Waals surface area contributed by atoms with Crippen LogP contribution < -0.4 is 10.6 Å². The van der Waals surface area contributed by atoms with Gasteiger partial charge >= 0.3 is 11.7 Å². The first-order valence-electron chi connectivity index (χ1n) is 8.06. The number of para-hydroxylation sites is 1. The zero-order valence-electron chi connectivity index (χ0n) is 14.8. The molecular formula is C18H13F2N5O4. The zero-order valence-corrected chi connectivity index (χ0v) is 14.8. The van der Waals surface area contributed by atoms with E-state index in [0.29, 0.717) is 0 Å². The minimum atomic E-state index is -0.829. The average molecular weight is 401 g/mol. The van der Waals surface area contributed by atoms with Gasteiger partial charge in [-0.3, -0.25) is 10.1 Å². The van der Waals surface area contributed by atoms with Crippen LogP contribution in [-0.2, 0) is 4.74 Å². The van der Waals surface area contributed by atoms with Gasteiger partial charge in [-0.25, -0.2) is 23.5 Å². The summed E-state index contributed by atoms with van der Waals surface area (Å²) in [4.78, 5) is 30.3. The third kappa shape index (κ3) is 4.24. The molecule has 148 valence electrons. The molecule has 1 aromatic heterocycles. The van der Waals surface area contributed by atoms with Crippen molar-refractivity contribution in [1.29, 1.82) is 0 Å². The van der Waals surface area contributed by atoms with Crippen LogP contribution in [-0.4, -0.2) is 28.0 Å². The summed E-state index contributed by atoms with van der Waals surface area (Å²) in [6.07, 6.45) is 0.996. The predicted octanol–water partition coefficient (Wildman–Crippen LogP) is 3.94. The number of ether oxygens (including phenoxy) is 1. The minimum Gasteiger partial charge on any atom is -0.465 e. The normalized spacial score (nSPS) is 10.3. The molecule has 3 aromatic rings. The van der Waals surface area contributed by atoms with Gasteiger partial charge in [0.15, 0.2) is 0 Å². The molecule has 0 spiro atoms. The number of hydrogen-bond acceptors (Lipinski definition) is 8. The van der Waals surface area contributed by atoms with E-state index in [2.05, 4.69) is 25.3 Å². The number of carbonyl (C=O) groups excluding carboxylic acids is 1. The first-order chi connectivity index (χ1) is 13.9. The van der Waals surface area contributed by atoms with Crippen LogP contribution in [0.3, 0.4) is 0 Å². The Bertz CT molecular complexity index is 1090. The Hall–Kier alpha value is -4.15. The molecule has 0 radical (unpaired) electrons. The van der Waals surface area contributed by atoms with Crippen molar-refractivity contribution >= 4 is 34.7 Å². The molecule has 0 atom stereocenters. The molecule has 1 heterocycles. The number of anilines is 4. The van der Waals surface area contributed by atoms with E-state index >= 15 is 0 Å². The van der Waals surface area contributed by atoms with Crippen LogP contribution in [0.5, 0.6) is 0 Å². The standard InChI is InChI=1S/C18H13F2N5O4/c1-29-18(26)11-4-2-3-5-13(11)23-16-15(25(27)28)17(22-9-21-16)24-14-8-10(19)6-7-12(14)20/h2-9H,1H3,(H2,21,22,23,24). The molecular weight excluding hydrogens is 388 g/mol.